The highest BCUT2D eigenvalue weighted by atomic mass is 16.6. The summed E-state index contributed by atoms with van der Waals surface area (Å²) >= 11 is 0. The Morgan fingerprint density at radius 1 is 1.33 bits per heavy atom. The second kappa shape index (κ2) is 6.36. The standard InChI is InChI=1S/C12H23BO5/c1-7-17-10(14)8-9(2)13(16)18-12(5,6)11(3,4)15/h8,15-16H,7H2,1-6H3/b9-8+. The third kappa shape index (κ3) is 5.20. The second-order valence-electron chi connectivity index (χ2n) is 5.18. The molecule has 0 aliphatic rings. The highest BCUT2D eigenvalue weighted by Crippen LogP contribution is 2.26. The zero-order valence-electron chi connectivity index (χ0n) is 12.0. The molecule has 0 saturated carbocycles. The van der Waals surface area contributed by atoms with Crippen LogP contribution in [0.5, 0.6) is 0 Å². The van der Waals surface area contributed by atoms with Gasteiger partial charge in [-0.3, -0.25) is 0 Å². The zero-order valence-corrected chi connectivity index (χ0v) is 12.0. The van der Waals surface area contributed by atoms with Gasteiger partial charge in [0, 0.05) is 6.08 Å². The maximum Gasteiger partial charge on any atom is 0.487 e. The Morgan fingerprint density at radius 2 is 1.83 bits per heavy atom. The first-order chi connectivity index (χ1) is 8.01. The van der Waals surface area contributed by atoms with Gasteiger partial charge in [-0.05, 0) is 47.0 Å². The fourth-order valence-electron chi connectivity index (χ4n) is 0.957. The Kier molecular flexibility index (Phi) is 6.06. The lowest BCUT2D eigenvalue weighted by atomic mass is 9.76. The van der Waals surface area contributed by atoms with Crippen LogP contribution in [0.15, 0.2) is 11.5 Å². The van der Waals surface area contributed by atoms with Crippen LogP contribution in [0, 0.1) is 0 Å². The number of carbonyl (C=O) groups excluding carboxylic acids is 1. The van der Waals surface area contributed by atoms with Gasteiger partial charge in [-0.25, -0.2) is 4.79 Å². The fraction of sp³-hybridized carbons (Fsp3) is 0.750. The molecule has 6 heteroatoms. The quantitative estimate of drug-likeness (QED) is 0.423. The molecule has 0 amide bonds. The monoisotopic (exact) mass is 258 g/mol. The molecule has 2 N–H and O–H groups in total. The molecule has 104 valence electrons. The second-order valence-corrected chi connectivity index (χ2v) is 5.18. The molecule has 0 aliphatic carbocycles. The van der Waals surface area contributed by atoms with Gasteiger partial charge in [0.25, 0.3) is 0 Å². The van der Waals surface area contributed by atoms with Crippen LogP contribution in [0.3, 0.4) is 0 Å². The van der Waals surface area contributed by atoms with Crippen LogP contribution >= 0.6 is 0 Å². The van der Waals surface area contributed by atoms with Gasteiger partial charge in [0.1, 0.15) is 0 Å². The number of aliphatic hydroxyl groups is 1. The molecule has 0 rings (SSSR count). The summed E-state index contributed by atoms with van der Waals surface area (Å²) < 4.78 is 10.1. The number of hydrogen-bond acceptors (Lipinski definition) is 5. The molecule has 0 heterocycles. The third-order valence-electron chi connectivity index (χ3n) is 2.90. The summed E-state index contributed by atoms with van der Waals surface area (Å²) in [5.74, 6) is -0.529. The maximum atomic E-state index is 11.2. The van der Waals surface area contributed by atoms with Crippen molar-refractivity contribution < 1.29 is 24.3 Å². The minimum atomic E-state index is -1.27. The van der Waals surface area contributed by atoms with E-state index in [9.17, 15) is 14.9 Å². The molecule has 0 fully saturated rings. The molecule has 0 saturated heterocycles. The number of ether oxygens (including phenoxy) is 1. The highest BCUT2D eigenvalue weighted by molar-refractivity contribution is 6.52. The largest absolute Gasteiger partial charge is 0.487 e. The van der Waals surface area contributed by atoms with Crippen LogP contribution in [0.2, 0.25) is 0 Å². The molecule has 18 heavy (non-hydrogen) atoms. The Bertz CT molecular complexity index is 317. The van der Waals surface area contributed by atoms with Gasteiger partial charge in [0.05, 0.1) is 17.8 Å². The van der Waals surface area contributed by atoms with Crippen molar-refractivity contribution in [1.82, 2.24) is 0 Å². The first-order valence-electron chi connectivity index (χ1n) is 5.94. The number of esters is 1. The Balaban J connectivity index is 4.68. The Labute approximate surface area is 109 Å². The molecule has 0 aromatic heterocycles. The average molecular weight is 258 g/mol. The summed E-state index contributed by atoms with van der Waals surface area (Å²) in [4.78, 5) is 11.2. The molecular weight excluding hydrogens is 235 g/mol. The van der Waals surface area contributed by atoms with Gasteiger partial charge >= 0.3 is 13.1 Å². The summed E-state index contributed by atoms with van der Waals surface area (Å²) in [5.41, 5.74) is -1.76. The molecule has 0 atom stereocenters. The van der Waals surface area contributed by atoms with E-state index in [1.807, 2.05) is 0 Å². The molecule has 0 aromatic rings. The van der Waals surface area contributed by atoms with Gasteiger partial charge in [0.15, 0.2) is 0 Å². The molecule has 0 unspecified atom stereocenters. The minimum Gasteiger partial charge on any atom is -0.463 e. The highest BCUT2D eigenvalue weighted by Gasteiger charge is 2.39. The van der Waals surface area contributed by atoms with Gasteiger partial charge in [0.2, 0.25) is 0 Å². The molecule has 0 aliphatic heterocycles. The van der Waals surface area contributed by atoms with Crippen molar-refractivity contribution in [3.63, 3.8) is 0 Å². The van der Waals surface area contributed by atoms with Gasteiger partial charge in [-0.1, -0.05) is 0 Å². The molecule has 5 nitrogen and oxygen atoms in total. The zero-order chi connectivity index (χ0) is 14.6. The minimum absolute atomic E-state index is 0.273. The van der Waals surface area contributed by atoms with E-state index in [4.69, 9.17) is 9.39 Å². The number of carbonyl (C=O) groups is 1. The van der Waals surface area contributed by atoms with Crippen LogP contribution in [0.4, 0.5) is 0 Å². The van der Waals surface area contributed by atoms with Crippen molar-refractivity contribution in [3.8, 4) is 0 Å². The van der Waals surface area contributed by atoms with Gasteiger partial charge < -0.3 is 19.5 Å². The van der Waals surface area contributed by atoms with E-state index in [0.717, 1.165) is 0 Å². The van der Waals surface area contributed by atoms with E-state index >= 15 is 0 Å². The van der Waals surface area contributed by atoms with Crippen molar-refractivity contribution in [2.45, 2.75) is 52.7 Å². The SMILES string of the molecule is CCOC(=O)/C=C(\C)B(O)OC(C)(C)C(C)(C)O. The van der Waals surface area contributed by atoms with E-state index in [0.29, 0.717) is 5.47 Å². The van der Waals surface area contributed by atoms with Crippen LogP contribution in [-0.2, 0) is 14.2 Å². The van der Waals surface area contributed by atoms with Crippen molar-refractivity contribution in [1.29, 1.82) is 0 Å². The number of rotatable bonds is 6. The molecular formula is C12H23BO5. The number of hydrogen-bond donors (Lipinski definition) is 2. The summed E-state index contributed by atoms with van der Waals surface area (Å²) in [6.45, 7) is 10.0. The van der Waals surface area contributed by atoms with Gasteiger partial charge in [-0.15, -0.1) is 0 Å². The smallest absolute Gasteiger partial charge is 0.463 e. The topological polar surface area (TPSA) is 76.0 Å². The van der Waals surface area contributed by atoms with Crippen LogP contribution < -0.4 is 0 Å². The maximum absolute atomic E-state index is 11.2. The van der Waals surface area contributed by atoms with E-state index in [1.54, 1.807) is 41.5 Å². The summed E-state index contributed by atoms with van der Waals surface area (Å²) in [6.07, 6.45) is 1.18. The normalized spacial score (nSPS) is 13.4. The van der Waals surface area contributed by atoms with E-state index in [2.05, 4.69) is 0 Å². The van der Waals surface area contributed by atoms with Gasteiger partial charge in [-0.2, -0.15) is 0 Å². The van der Waals surface area contributed by atoms with Crippen LogP contribution in [0.1, 0.15) is 41.5 Å². The Morgan fingerprint density at radius 3 is 2.22 bits per heavy atom. The lowest BCUT2D eigenvalue weighted by molar-refractivity contribution is -0.137. The molecule has 0 spiro atoms. The summed E-state index contributed by atoms with van der Waals surface area (Å²) in [5, 5.41) is 19.7. The Hall–Kier alpha value is -0.845. The summed E-state index contributed by atoms with van der Waals surface area (Å²) in [7, 11) is -1.27. The van der Waals surface area contributed by atoms with Crippen LogP contribution in [-0.4, -0.2) is 41.0 Å². The van der Waals surface area contributed by atoms with Crippen molar-refractivity contribution in [2.24, 2.45) is 0 Å². The number of allylic oxidation sites excluding steroid dienone is 1. The lowest BCUT2D eigenvalue weighted by Crippen LogP contribution is -2.50. The van der Waals surface area contributed by atoms with Crippen LogP contribution in [0.25, 0.3) is 0 Å². The summed E-state index contributed by atoms with van der Waals surface area (Å²) in [6, 6.07) is 0. The van der Waals surface area contributed by atoms with E-state index in [-0.39, 0.29) is 6.61 Å². The van der Waals surface area contributed by atoms with Crippen molar-refractivity contribution >= 4 is 13.1 Å². The predicted octanol–water partition coefficient (Wildman–Crippen LogP) is 1.08. The average Bonchev–Trinajstić information content (AvgIpc) is 2.15. The van der Waals surface area contributed by atoms with E-state index in [1.165, 1.54) is 6.08 Å². The molecule has 0 bridgehead atoms. The lowest BCUT2D eigenvalue weighted by Gasteiger charge is -2.38. The first kappa shape index (κ1) is 17.2. The molecule has 0 aromatic carbocycles. The predicted molar refractivity (Wildman–Crippen MR) is 69.8 cm³/mol. The molecule has 0 radical (unpaired) electrons. The van der Waals surface area contributed by atoms with Crippen molar-refractivity contribution in [2.75, 3.05) is 6.61 Å². The third-order valence-corrected chi connectivity index (χ3v) is 2.90. The first-order valence-corrected chi connectivity index (χ1v) is 5.94. The van der Waals surface area contributed by atoms with E-state index < -0.39 is 24.3 Å². The van der Waals surface area contributed by atoms with Crippen molar-refractivity contribution in [3.05, 3.63) is 11.5 Å². The fourth-order valence-corrected chi connectivity index (χ4v) is 0.957.